The van der Waals surface area contributed by atoms with E-state index in [1.54, 1.807) is 0 Å². The normalized spacial score (nSPS) is 13.6. The average molecular weight is 234 g/mol. The van der Waals surface area contributed by atoms with Crippen molar-refractivity contribution in [2.45, 2.75) is 20.8 Å². The minimum atomic E-state index is 0.538. The number of benzene rings is 1. The molecule has 4 N–H and O–H groups in total. The van der Waals surface area contributed by atoms with Gasteiger partial charge in [0.25, 0.3) is 0 Å². The topological polar surface area (TPSA) is 62.4 Å². The highest BCUT2D eigenvalue weighted by Crippen LogP contribution is 2.10. The molecule has 0 bridgehead atoms. The van der Waals surface area contributed by atoms with Gasteiger partial charge in [0, 0.05) is 12.2 Å². The summed E-state index contributed by atoms with van der Waals surface area (Å²) in [5, 5.41) is 3.14. The summed E-state index contributed by atoms with van der Waals surface area (Å²) in [4.78, 5) is 4.43. The van der Waals surface area contributed by atoms with Crippen LogP contribution in [0, 0.1) is 11.8 Å². The van der Waals surface area contributed by atoms with E-state index >= 15 is 0 Å². The molecule has 94 valence electrons. The summed E-state index contributed by atoms with van der Waals surface area (Å²) in [5.41, 5.74) is 3.56. The fourth-order valence-electron chi connectivity index (χ4n) is 1.23. The predicted octanol–water partition coefficient (Wildman–Crippen LogP) is 2.21. The van der Waals surface area contributed by atoms with Gasteiger partial charge in [0.15, 0.2) is 0 Å². The van der Waals surface area contributed by atoms with E-state index in [2.05, 4.69) is 36.5 Å². The predicted molar refractivity (Wildman–Crippen MR) is 73.7 cm³/mol. The van der Waals surface area contributed by atoms with Crippen LogP contribution in [0.5, 0.6) is 0 Å². The highest BCUT2D eigenvalue weighted by Gasteiger charge is 2.06. The maximum Gasteiger partial charge on any atom is 0.210 e. The van der Waals surface area contributed by atoms with Crippen molar-refractivity contribution < 1.29 is 0 Å². The highest BCUT2D eigenvalue weighted by molar-refractivity contribution is 5.93. The maximum atomic E-state index is 5.44. The maximum absolute atomic E-state index is 5.44. The zero-order valence-corrected chi connectivity index (χ0v) is 10.8. The lowest BCUT2D eigenvalue weighted by molar-refractivity contribution is 0.430. The zero-order valence-electron chi connectivity index (χ0n) is 10.8. The molecule has 0 saturated heterocycles. The summed E-state index contributed by atoms with van der Waals surface area (Å²) < 4.78 is 0. The Hall–Kier alpha value is -1.55. The SMILES string of the molecule is CC(C)C(C)CN=C(NN)Nc1ccccc1. The van der Waals surface area contributed by atoms with E-state index in [1.807, 2.05) is 30.3 Å². The van der Waals surface area contributed by atoms with Crippen LogP contribution in [0.25, 0.3) is 0 Å². The number of guanidine groups is 1. The molecule has 0 fully saturated rings. The third-order valence-electron chi connectivity index (χ3n) is 2.85. The number of hydrazine groups is 1. The Morgan fingerprint density at radius 1 is 1.24 bits per heavy atom. The van der Waals surface area contributed by atoms with Crippen LogP contribution in [0.4, 0.5) is 5.69 Å². The molecule has 0 saturated carbocycles. The third kappa shape index (κ3) is 4.87. The molecule has 4 heteroatoms. The fraction of sp³-hybridized carbons (Fsp3) is 0.462. The number of rotatable bonds is 4. The summed E-state index contributed by atoms with van der Waals surface area (Å²) in [6, 6.07) is 9.84. The molecule has 0 aliphatic heterocycles. The van der Waals surface area contributed by atoms with E-state index in [9.17, 15) is 0 Å². The van der Waals surface area contributed by atoms with Gasteiger partial charge in [-0.3, -0.25) is 10.4 Å². The number of para-hydroxylation sites is 1. The lowest BCUT2D eigenvalue weighted by atomic mass is 9.99. The summed E-state index contributed by atoms with van der Waals surface area (Å²) in [6.07, 6.45) is 0. The van der Waals surface area contributed by atoms with Gasteiger partial charge in [-0.1, -0.05) is 39.0 Å². The molecule has 1 aromatic rings. The van der Waals surface area contributed by atoms with Crippen LogP contribution in [-0.2, 0) is 0 Å². The molecule has 0 radical (unpaired) electrons. The van der Waals surface area contributed by atoms with Gasteiger partial charge in [0.2, 0.25) is 5.96 Å². The molecule has 0 spiro atoms. The van der Waals surface area contributed by atoms with Crippen molar-refractivity contribution >= 4 is 11.6 Å². The van der Waals surface area contributed by atoms with Gasteiger partial charge in [-0.15, -0.1) is 0 Å². The van der Waals surface area contributed by atoms with E-state index < -0.39 is 0 Å². The molecule has 0 aliphatic rings. The first kappa shape index (κ1) is 13.5. The van der Waals surface area contributed by atoms with Crippen LogP contribution >= 0.6 is 0 Å². The van der Waals surface area contributed by atoms with Crippen molar-refractivity contribution in [1.82, 2.24) is 5.43 Å². The van der Waals surface area contributed by atoms with Crippen LogP contribution in [0.1, 0.15) is 20.8 Å². The largest absolute Gasteiger partial charge is 0.325 e. The van der Waals surface area contributed by atoms with Crippen LogP contribution in [-0.4, -0.2) is 12.5 Å². The van der Waals surface area contributed by atoms with Crippen LogP contribution in [0.3, 0.4) is 0 Å². The second-order valence-corrected chi connectivity index (χ2v) is 4.55. The van der Waals surface area contributed by atoms with Gasteiger partial charge in [-0.05, 0) is 24.0 Å². The Morgan fingerprint density at radius 3 is 2.41 bits per heavy atom. The van der Waals surface area contributed by atoms with Gasteiger partial charge >= 0.3 is 0 Å². The molecule has 4 nitrogen and oxygen atoms in total. The number of aliphatic imine (C=N–C) groups is 1. The Labute approximate surface area is 103 Å². The van der Waals surface area contributed by atoms with Crippen LogP contribution in [0.15, 0.2) is 35.3 Å². The van der Waals surface area contributed by atoms with Crippen molar-refractivity contribution in [3.8, 4) is 0 Å². The third-order valence-corrected chi connectivity index (χ3v) is 2.85. The number of nitrogens with two attached hydrogens (primary N) is 1. The van der Waals surface area contributed by atoms with Crippen molar-refractivity contribution in [1.29, 1.82) is 0 Å². The molecular formula is C13H22N4. The van der Waals surface area contributed by atoms with E-state index in [4.69, 9.17) is 5.84 Å². The summed E-state index contributed by atoms with van der Waals surface area (Å²) in [7, 11) is 0. The first-order chi connectivity index (χ1) is 8.13. The lowest BCUT2D eigenvalue weighted by Crippen LogP contribution is -2.36. The van der Waals surface area contributed by atoms with E-state index in [0.29, 0.717) is 17.8 Å². The molecule has 0 aliphatic carbocycles. The Balaban J connectivity index is 2.57. The second-order valence-electron chi connectivity index (χ2n) is 4.55. The van der Waals surface area contributed by atoms with Crippen LogP contribution < -0.4 is 16.6 Å². The number of nitrogens with zero attached hydrogens (tertiary/aromatic N) is 1. The molecule has 17 heavy (non-hydrogen) atoms. The first-order valence-corrected chi connectivity index (χ1v) is 5.96. The highest BCUT2D eigenvalue weighted by atomic mass is 15.3. The molecule has 1 aromatic carbocycles. The second kappa shape index (κ2) is 6.91. The molecular weight excluding hydrogens is 212 g/mol. The van der Waals surface area contributed by atoms with Crippen molar-refractivity contribution in [2.24, 2.45) is 22.7 Å². The van der Waals surface area contributed by atoms with Gasteiger partial charge in [-0.2, -0.15) is 0 Å². The monoisotopic (exact) mass is 234 g/mol. The lowest BCUT2D eigenvalue weighted by Gasteiger charge is -2.14. The first-order valence-electron chi connectivity index (χ1n) is 5.96. The smallest absolute Gasteiger partial charge is 0.210 e. The Bertz CT molecular complexity index is 346. The molecule has 0 heterocycles. The van der Waals surface area contributed by atoms with E-state index in [1.165, 1.54) is 0 Å². The van der Waals surface area contributed by atoms with E-state index in [-0.39, 0.29) is 0 Å². The number of anilines is 1. The summed E-state index contributed by atoms with van der Waals surface area (Å²) in [6.45, 7) is 7.34. The Kier molecular flexibility index (Phi) is 5.49. The van der Waals surface area contributed by atoms with Crippen molar-refractivity contribution in [3.63, 3.8) is 0 Å². The fourth-order valence-corrected chi connectivity index (χ4v) is 1.23. The molecule has 0 aromatic heterocycles. The number of hydrogen-bond donors (Lipinski definition) is 3. The molecule has 1 atom stereocenters. The van der Waals surface area contributed by atoms with Crippen molar-refractivity contribution in [2.75, 3.05) is 11.9 Å². The van der Waals surface area contributed by atoms with Gasteiger partial charge in [-0.25, -0.2) is 5.84 Å². The molecule has 1 rings (SSSR count). The summed E-state index contributed by atoms with van der Waals surface area (Å²) >= 11 is 0. The minimum absolute atomic E-state index is 0.538. The van der Waals surface area contributed by atoms with Crippen LogP contribution in [0.2, 0.25) is 0 Å². The molecule has 1 unspecified atom stereocenters. The van der Waals surface area contributed by atoms with Gasteiger partial charge in [0.05, 0.1) is 0 Å². The minimum Gasteiger partial charge on any atom is -0.325 e. The quantitative estimate of drug-likeness (QED) is 0.324. The zero-order chi connectivity index (χ0) is 12.7. The number of nitrogens with one attached hydrogen (secondary N) is 2. The van der Waals surface area contributed by atoms with Crippen molar-refractivity contribution in [3.05, 3.63) is 30.3 Å². The Morgan fingerprint density at radius 2 is 1.88 bits per heavy atom. The number of hydrogen-bond acceptors (Lipinski definition) is 2. The average Bonchev–Trinajstić information content (AvgIpc) is 2.35. The standard InChI is InChI=1S/C13H22N4/c1-10(2)11(3)9-15-13(17-14)16-12-7-5-4-6-8-12/h4-8,10-11H,9,14H2,1-3H3,(H2,15,16,17). The van der Waals surface area contributed by atoms with Gasteiger partial charge < -0.3 is 5.32 Å². The summed E-state index contributed by atoms with van der Waals surface area (Å²) in [5.74, 6) is 7.20. The van der Waals surface area contributed by atoms with Gasteiger partial charge in [0.1, 0.15) is 0 Å². The van der Waals surface area contributed by atoms with E-state index in [0.717, 1.165) is 12.2 Å². The molecule has 0 amide bonds.